The lowest BCUT2D eigenvalue weighted by atomic mass is 10.0. The van der Waals surface area contributed by atoms with Crippen LogP contribution in [0.3, 0.4) is 0 Å². The van der Waals surface area contributed by atoms with Crippen molar-refractivity contribution in [1.29, 1.82) is 0 Å². The van der Waals surface area contributed by atoms with Crippen LogP contribution in [0.4, 0.5) is 4.39 Å². The molecule has 1 saturated carbocycles. The maximum Gasteiger partial charge on any atom is 0.123 e. The van der Waals surface area contributed by atoms with Gasteiger partial charge in [-0.05, 0) is 43.0 Å². The molecule has 4 heteroatoms. The molecule has 1 unspecified atom stereocenters. The molecule has 0 amide bonds. The molecule has 1 fully saturated rings. The summed E-state index contributed by atoms with van der Waals surface area (Å²) in [4.78, 5) is 4.08. The van der Waals surface area contributed by atoms with Crippen LogP contribution >= 0.6 is 0 Å². The third-order valence-electron chi connectivity index (χ3n) is 3.30. The Kier molecular flexibility index (Phi) is 2.67. The Labute approximate surface area is 105 Å². The molecule has 1 aliphatic rings. The first-order chi connectivity index (χ1) is 8.65. The molecule has 1 N–H and O–H groups in total. The van der Waals surface area contributed by atoms with Gasteiger partial charge in [-0.1, -0.05) is 6.07 Å². The highest BCUT2D eigenvalue weighted by molar-refractivity contribution is 5.30. The van der Waals surface area contributed by atoms with Gasteiger partial charge in [-0.3, -0.25) is 0 Å². The average Bonchev–Trinajstić information content (AvgIpc) is 3.05. The number of aryl methyl sites for hydroxylation is 1. The maximum absolute atomic E-state index is 13.4. The summed E-state index contributed by atoms with van der Waals surface area (Å²) in [5.74, 6) is -0.318. The van der Waals surface area contributed by atoms with Crippen LogP contribution < -0.4 is 0 Å². The van der Waals surface area contributed by atoms with Crippen molar-refractivity contribution in [1.82, 2.24) is 9.55 Å². The summed E-state index contributed by atoms with van der Waals surface area (Å²) in [5, 5.41) is 10.4. The first-order valence-electron chi connectivity index (χ1n) is 6.12. The Hall–Kier alpha value is -1.68. The van der Waals surface area contributed by atoms with Crippen LogP contribution in [0.2, 0.25) is 0 Å². The van der Waals surface area contributed by atoms with Gasteiger partial charge in [-0.25, -0.2) is 9.37 Å². The molecule has 1 aromatic heterocycles. The number of nitrogens with zero attached hydrogens (tertiary/aromatic N) is 2. The smallest absolute Gasteiger partial charge is 0.123 e. The van der Waals surface area contributed by atoms with E-state index in [1.54, 1.807) is 18.6 Å². The summed E-state index contributed by atoms with van der Waals surface area (Å²) in [7, 11) is 0. The van der Waals surface area contributed by atoms with Gasteiger partial charge < -0.3 is 9.67 Å². The maximum atomic E-state index is 13.4. The van der Waals surface area contributed by atoms with E-state index in [2.05, 4.69) is 4.98 Å². The van der Waals surface area contributed by atoms with E-state index in [9.17, 15) is 9.50 Å². The van der Waals surface area contributed by atoms with Gasteiger partial charge >= 0.3 is 0 Å². The summed E-state index contributed by atoms with van der Waals surface area (Å²) in [6.07, 6.45) is 4.82. The summed E-state index contributed by atoms with van der Waals surface area (Å²) in [6, 6.07) is 5.08. The molecule has 1 aromatic carbocycles. The van der Waals surface area contributed by atoms with Crippen LogP contribution in [-0.4, -0.2) is 14.7 Å². The van der Waals surface area contributed by atoms with Crippen molar-refractivity contribution < 1.29 is 9.50 Å². The van der Waals surface area contributed by atoms with Crippen molar-refractivity contribution in [2.45, 2.75) is 31.9 Å². The molecule has 0 saturated heterocycles. The SMILES string of the molecule is Cc1cc(F)cc(C(O)c2cncn2C2CC2)c1. The Morgan fingerprint density at radius 3 is 2.83 bits per heavy atom. The minimum Gasteiger partial charge on any atom is -0.382 e. The Morgan fingerprint density at radius 2 is 2.17 bits per heavy atom. The molecular weight excluding hydrogens is 231 g/mol. The van der Waals surface area contributed by atoms with Crippen LogP contribution in [0.25, 0.3) is 0 Å². The summed E-state index contributed by atoms with van der Waals surface area (Å²) >= 11 is 0. The van der Waals surface area contributed by atoms with Crippen molar-refractivity contribution in [2.75, 3.05) is 0 Å². The number of hydrogen-bond donors (Lipinski definition) is 1. The Bertz CT molecular complexity index is 555. The van der Waals surface area contributed by atoms with Crippen molar-refractivity contribution in [3.05, 3.63) is 53.4 Å². The molecule has 0 bridgehead atoms. The largest absolute Gasteiger partial charge is 0.382 e. The number of aliphatic hydroxyl groups excluding tert-OH is 1. The van der Waals surface area contributed by atoms with E-state index in [4.69, 9.17) is 0 Å². The van der Waals surface area contributed by atoms with E-state index >= 15 is 0 Å². The lowest BCUT2D eigenvalue weighted by Crippen LogP contribution is -2.07. The van der Waals surface area contributed by atoms with Gasteiger partial charge in [0.2, 0.25) is 0 Å². The van der Waals surface area contributed by atoms with Gasteiger partial charge in [-0.2, -0.15) is 0 Å². The molecular formula is C14H15FN2O. The van der Waals surface area contributed by atoms with Crippen molar-refractivity contribution in [3.8, 4) is 0 Å². The van der Waals surface area contributed by atoms with Crippen molar-refractivity contribution >= 4 is 0 Å². The quantitative estimate of drug-likeness (QED) is 0.904. The van der Waals surface area contributed by atoms with Gasteiger partial charge in [0.05, 0.1) is 18.2 Å². The summed E-state index contributed by atoms with van der Waals surface area (Å²) < 4.78 is 15.4. The Balaban J connectivity index is 1.97. The average molecular weight is 246 g/mol. The van der Waals surface area contributed by atoms with Crippen LogP contribution in [0.1, 0.15) is 41.8 Å². The molecule has 0 spiro atoms. The molecule has 1 aliphatic carbocycles. The van der Waals surface area contributed by atoms with E-state index < -0.39 is 6.10 Å². The van der Waals surface area contributed by atoms with Crippen LogP contribution in [0, 0.1) is 12.7 Å². The van der Waals surface area contributed by atoms with E-state index in [1.165, 1.54) is 12.1 Å². The Morgan fingerprint density at radius 1 is 1.39 bits per heavy atom. The summed E-state index contributed by atoms with van der Waals surface area (Å²) in [5.41, 5.74) is 2.12. The predicted molar refractivity (Wildman–Crippen MR) is 65.7 cm³/mol. The molecule has 1 heterocycles. The molecule has 1 atom stereocenters. The fraction of sp³-hybridized carbons (Fsp3) is 0.357. The minimum atomic E-state index is -0.817. The van der Waals surface area contributed by atoms with E-state index in [1.807, 2.05) is 11.5 Å². The third-order valence-corrected chi connectivity index (χ3v) is 3.30. The first-order valence-corrected chi connectivity index (χ1v) is 6.12. The number of halogens is 1. The normalized spacial score (nSPS) is 16.8. The highest BCUT2D eigenvalue weighted by atomic mass is 19.1. The third kappa shape index (κ3) is 2.04. The molecule has 0 radical (unpaired) electrons. The molecule has 94 valence electrons. The molecule has 0 aliphatic heterocycles. The zero-order valence-corrected chi connectivity index (χ0v) is 10.2. The van der Waals surface area contributed by atoms with Gasteiger partial charge in [0, 0.05) is 6.04 Å². The number of aromatic nitrogens is 2. The van der Waals surface area contributed by atoms with E-state index in [0.717, 1.165) is 24.1 Å². The van der Waals surface area contributed by atoms with E-state index in [0.29, 0.717) is 11.6 Å². The fourth-order valence-corrected chi connectivity index (χ4v) is 2.28. The number of imidazole rings is 1. The van der Waals surface area contributed by atoms with Gasteiger partial charge in [0.25, 0.3) is 0 Å². The molecule has 3 rings (SSSR count). The minimum absolute atomic E-state index is 0.318. The van der Waals surface area contributed by atoms with E-state index in [-0.39, 0.29) is 5.82 Å². The summed E-state index contributed by atoms with van der Waals surface area (Å²) in [6.45, 7) is 1.82. The standard InChI is InChI=1S/C14H15FN2O/c1-9-4-10(6-11(15)5-9)14(18)13-7-16-8-17(13)12-2-3-12/h4-8,12,14,18H,2-3H2,1H3. The molecule has 2 aromatic rings. The highest BCUT2D eigenvalue weighted by Gasteiger charge is 2.27. The molecule has 3 nitrogen and oxygen atoms in total. The number of hydrogen-bond acceptors (Lipinski definition) is 2. The second-order valence-electron chi connectivity index (χ2n) is 4.92. The highest BCUT2D eigenvalue weighted by Crippen LogP contribution is 2.37. The van der Waals surface area contributed by atoms with Crippen LogP contribution in [-0.2, 0) is 0 Å². The zero-order chi connectivity index (χ0) is 12.7. The van der Waals surface area contributed by atoms with Crippen LogP contribution in [0.15, 0.2) is 30.7 Å². The number of aliphatic hydroxyl groups is 1. The van der Waals surface area contributed by atoms with Crippen LogP contribution in [0.5, 0.6) is 0 Å². The zero-order valence-electron chi connectivity index (χ0n) is 10.2. The predicted octanol–water partition coefficient (Wildman–Crippen LogP) is 2.75. The van der Waals surface area contributed by atoms with Crippen molar-refractivity contribution in [3.63, 3.8) is 0 Å². The second kappa shape index (κ2) is 4.21. The van der Waals surface area contributed by atoms with Gasteiger partial charge in [0.1, 0.15) is 11.9 Å². The molecule has 18 heavy (non-hydrogen) atoms. The monoisotopic (exact) mass is 246 g/mol. The van der Waals surface area contributed by atoms with Gasteiger partial charge in [0.15, 0.2) is 0 Å². The van der Waals surface area contributed by atoms with Gasteiger partial charge in [-0.15, -0.1) is 0 Å². The second-order valence-corrected chi connectivity index (χ2v) is 4.92. The first kappa shape index (κ1) is 11.4. The number of rotatable bonds is 3. The topological polar surface area (TPSA) is 38.1 Å². The van der Waals surface area contributed by atoms with Crippen molar-refractivity contribution in [2.24, 2.45) is 0 Å². The number of benzene rings is 1. The fourth-order valence-electron chi connectivity index (χ4n) is 2.28. The lowest BCUT2D eigenvalue weighted by Gasteiger charge is -2.14. The lowest BCUT2D eigenvalue weighted by molar-refractivity contribution is 0.209.